The third-order valence-electron chi connectivity index (χ3n) is 3.34. The van der Waals surface area contributed by atoms with Crippen LogP contribution in [0.3, 0.4) is 0 Å². The zero-order valence-electron chi connectivity index (χ0n) is 12.8. The quantitative estimate of drug-likeness (QED) is 0.848. The molecule has 0 saturated carbocycles. The van der Waals surface area contributed by atoms with Gasteiger partial charge in [-0.1, -0.05) is 30.3 Å². The second-order valence-electron chi connectivity index (χ2n) is 5.00. The molecule has 116 valence electrons. The molecule has 2 rings (SSSR count). The SMILES string of the molecule is CNCCN(C)C(=O)Cn1nc(-c2ccccc2)ccc1=O. The van der Waals surface area contributed by atoms with Crippen LogP contribution in [-0.4, -0.2) is 47.8 Å². The molecular weight excluding hydrogens is 280 g/mol. The van der Waals surface area contributed by atoms with Crippen molar-refractivity contribution >= 4 is 5.91 Å². The molecule has 1 N–H and O–H groups in total. The fourth-order valence-electron chi connectivity index (χ4n) is 1.98. The summed E-state index contributed by atoms with van der Waals surface area (Å²) in [5.41, 5.74) is 1.30. The highest BCUT2D eigenvalue weighted by Gasteiger charge is 2.11. The second-order valence-corrected chi connectivity index (χ2v) is 5.00. The van der Waals surface area contributed by atoms with E-state index >= 15 is 0 Å². The number of hydrogen-bond donors (Lipinski definition) is 1. The third-order valence-corrected chi connectivity index (χ3v) is 3.34. The second kappa shape index (κ2) is 7.51. The minimum Gasteiger partial charge on any atom is -0.343 e. The number of hydrogen-bond acceptors (Lipinski definition) is 4. The molecule has 1 heterocycles. The zero-order valence-corrected chi connectivity index (χ0v) is 12.8. The first kappa shape index (κ1) is 15.9. The Hall–Kier alpha value is -2.47. The van der Waals surface area contributed by atoms with Crippen molar-refractivity contribution in [3.8, 4) is 11.3 Å². The van der Waals surface area contributed by atoms with Gasteiger partial charge in [-0.05, 0) is 13.1 Å². The molecule has 0 spiro atoms. The van der Waals surface area contributed by atoms with Crippen LogP contribution in [-0.2, 0) is 11.3 Å². The number of carbonyl (C=O) groups is 1. The number of carbonyl (C=O) groups excluding carboxylic acids is 1. The van der Waals surface area contributed by atoms with Crippen LogP contribution >= 0.6 is 0 Å². The van der Waals surface area contributed by atoms with Gasteiger partial charge in [-0.25, -0.2) is 4.68 Å². The number of nitrogens with one attached hydrogen (secondary N) is 1. The molecule has 0 aliphatic rings. The largest absolute Gasteiger partial charge is 0.343 e. The van der Waals surface area contributed by atoms with Crippen LogP contribution in [0, 0.1) is 0 Å². The lowest BCUT2D eigenvalue weighted by atomic mass is 10.1. The molecule has 2 aromatic rings. The van der Waals surface area contributed by atoms with Crippen LogP contribution in [0.25, 0.3) is 11.3 Å². The summed E-state index contributed by atoms with van der Waals surface area (Å²) >= 11 is 0. The molecular formula is C16H20N4O2. The van der Waals surface area contributed by atoms with Crippen molar-refractivity contribution in [2.24, 2.45) is 0 Å². The molecule has 0 fully saturated rings. The van der Waals surface area contributed by atoms with E-state index < -0.39 is 0 Å². The summed E-state index contributed by atoms with van der Waals surface area (Å²) in [5, 5.41) is 7.27. The van der Waals surface area contributed by atoms with Crippen molar-refractivity contribution in [3.63, 3.8) is 0 Å². The van der Waals surface area contributed by atoms with Gasteiger partial charge in [-0.2, -0.15) is 5.10 Å². The summed E-state index contributed by atoms with van der Waals surface area (Å²) in [6.45, 7) is 1.23. The zero-order chi connectivity index (χ0) is 15.9. The number of aromatic nitrogens is 2. The summed E-state index contributed by atoms with van der Waals surface area (Å²) in [6.07, 6.45) is 0. The molecule has 0 unspecified atom stereocenters. The maximum atomic E-state index is 12.1. The first-order valence-electron chi connectivity index (χ1n) is 7.14. The molecule has 0 radical (unpaired) electrons. The topological polar surface area (TPSA) is 67.2 Å². The van der Waals surface area contributed by atoms with Crippen LogP contribution in [0.2, 0.25) is 0 Å². The summed E-state index contributed by atoms with van der Waals surface area (Å²) in [7, 11) is 3.54. The monoisotopic (exact) mass is 300 g/mol. The van der Waals surface area contributed by atoms with Gasteiger partial charge in [0.05, 0.1) is 5.69 Å². The smallest absolute Gasteiger partial charge is 0.267 e. The maximum absolute atomic E-state index is 12.1. The van der Waals surface area contributed by atoms with Gasteiger partial charge in [0, 0.05) is 31.8 Å². The van der Waals surface area contributed by atoms with Gasteiger partial charge in [0.25, 0.3) is 5.56 Å². The molecule has 1 aromatic carbocycles. The van der Waals surface area contributed by atoms with Crippen molar-refractivity contribution in [2.45, 2.75) is 6.54 Å². The number of nitrogens with zero attached hydrogens (tertiary/aromatic N) is 3. The lowest BCUT2D eigenvalue weighted by molar-refractivity contribution is -0.130. The number of amides is 1. The van der Waals surface area contributed by atoms with Crippen molar-refractivity contribution < 1.29 is 4.79 Å². The lowest BCUT2D eigenvalue weighted by Gasteiger charge is -2.17. The summed E-state index contributed by atoms with van der Waals surface area (Å²) in [5.74, 6) is -0.143. The van der Waals surface area contributed by atoms with Gasteiger partial charge in [0.1, 0.15) is 6.54 Å². The van der Waals surface area contributed by atoms with E-state index in [9.17, 15) is 9.59 Å². The Morgan fingerprint density at radius 1 is 1.23 bits per heavy atom. The van der Waals surface area contributed by atoms with Gasteiger partial charge in [-0.15, -0.1) is 0 Å². The summed E-state index contributed by atoms with van der Waals surface area (Å²) in [6, 6.07) is 12.7. The molecule has 6 nitrogen and oxygen atoms in total. The van der Waals surface area contributed by atoms with Crippen LogP contribution in [0.4, 0.5) is 0 Å². The van der Waals surface area contributed by atoms with Gasteiger partial charge < -0.3 is 10.2 Å². The Bertz CT molecular complexity index is 682. The average Bonchev–Trinajstić information content (AvgIpc) is 2.55. The molecule has 6 heteroatoms. The molecule has 0 aliphatic carbocycles. The Morgan fingerprint density at radius 3 is 2.64 bits per heavy atom. The molecule has 0 atom stereocenters. The van der Waals surface area contributed by atoms with Crippen LogP contribution in [0.5, 0.6) is 0 Å². The average molecular weight is 300 g/mol. The fourth-order valence-corrected chi connectivity index (χ4v) is 1.98. The number of benzene rings is 1. The summed E-state index contributed by atoms with van der Waals surface area (Å²) in [4.78, 5) is 25.6. The van der Waals surface area contributed by atoms with Crippen LogP contribution in [0.1, 0.15) is 0 Å². The van der Waals surface area contributed by atoms with Gasteiger partial charge >= 0.3 is 0 Å². The fraction of sp³-hybridized carbons (Fsp3) is 0.312. The first-order valence-corrected chi connectivity index (χ1v) is 7.14. The van der Waals surface area contributed by atoms with Crippen molar-refractivity contribution in [1.82, 2.24) is 20.0 Å². The van der Waals surface area contributed by atoms with E-state index in [4.69, 9.17) is 0 Å². The molecule has 0 aliphatic heterocycles. The highest BCUT2D eigenvalue weighted by atomic mass is 16.2. The highest BCUT2D eigenvalue weighted by Crippen LogP contribution is 2.13. The Morgan fingerprint density at radius 2 is 1.95 bits per heavy atom. The third kappa shape index (κ3) is 4.02. The summed E-state index contributed by atoms with van der Waals surface area (Å²) < 4.78 is 1.21. The predicted molar refractivity (Wildman–Crippen MR) is 85.5 cm³/mol. The normalized spacial score (nSPS) is 10.5. The Balaban J connectivity index is 2.17. The highest BCUT2D eigenvalue weighted by molar-refractivity contribution is 5.75. The predicted octanol–water partition coefficient (Wildman–Crippen LogP) is 0.588. The molecule has 0 bridgehead atoms. The lowest BCUT2D eigenvalue weighted by Crippen LogP contribution is -2.37. The number of rotatable bonds is 6. The van der Waals surface area contributed by atoms with E-state index in [1.807, 2.05) is 37.4 Å². The van der Waals surface area contributed by atoms with E-state index in [2.05, 4.69) is 10.4 Å². The first-order chi connectivity index (χ1) is 10.6. The van der Waals surface area contributed by atoms with Gasteiger partial charge in [0.15, 0.2) is 0 Å². The van der Waals surface area contributed by atoms with E-state index in [1.54, 1.807) is 18.0 Å². The Labute approximate surface area is 129 Å². The molecule has 0 saturated heterocycles. The minimum absolute atomic E-state index is 0.0558. The van der Waals surface area contributed by atoms with Crippen LogP contribution in [0.15, 0.2) is 47.3 Å². The maximum Gasteiger partial charge on any atom is 0.267 e. The molecule has 1 aromatic heterocycles. The minimum atomic E-state index is -0.282. The van der Waals surface area contributed by atoms with E-state index in [-0.39, 0.29) is 18.0 Å². The molecule has 22 heavy (non-hydrogen) atoms. The molecule has 1 amide bonds. The number of likely N-dealkylation sites (N-methyl/N-ethyl adjacent to an activating group) is 2. The van der Waals surface area contributed by atoms with Gasteiger partial charge in [-0.3, -0.25) is 9.59 Å². The van der Waals surface area contributed by atoms with Gasteiger partial charge in [0.2, 0.25) is 5.91 Å². The van der Waals surface area contributed by atoms with E-state index in [1.165, 1.54) is 10.7 Å². The van der Waals surface area contributed by atoms with Crippen LogP contribution < -0.4 is 10.9 Å². The van der Waals surface area contributed by atoms with Crippen molar-refractivity contribution in [1.29, 1.82) is 0 Å². The Kier molecular flexibility index (Phi) is 5.43. The standard InChI is InChI=1S/C16H20N4O2/c1-17-10-11-19(2)16(22)12-20-15(21)9-8-14(18-20)13-6-4-3-5-7-13/h3-9,17H,10-12H2,1-2H3. The van der Waals surface area contributed by atoms with Crippen molar-refractivity contribution in [2.75, 3.05) is 27.2 Å². The van der Waals surface area contributed by atoms with E-state index in [0.29, 0.717) is 18.8 Å². The van der Waals surface area contributed by atoms with E-state index in [0.717, 1.165) is 5.56 Å². The van der Waals surface area contributed by atoms with Crippen molar-refractivity contribution in [3.05, 3.63) is 52.8 Å².